The van der Waals surface area contributed by atoms with Gasteiger partial charge in [-0.2, -0.15) is 0 Å². The van der Waals surface area contributed by atoms with Gasteiger partial charge < -0.3 is 4.85 Å². The van der Waals surface area contributed by atoms with E-state index in [4.69, 9.17) is 6.57 Å². The van der Waals surface area contributed by atoms with Gasteiger partial charge in [-0.25, -0.2) is 6.57 Å². The minimum atomic E-state index is 0.584. The molecule has 0 amide bonds. The first-order valence-electron chi connectivity index (χ1n) is 3.82. The van der Waals surface area contributed by atoms with Crippen LogP contribution >= 0.6 is 15.9 Å². The van der Waals surface area contributed by atoms with Crippen molar-refractivity contribution in [3.05, 3.63) is 45.2 Å². The minimum absolute atomic E-state index is 0.584. The lowest BCUT2D eigenvalue weighted by atomic mass is 10.1. The fourth-order valence-corrected chi connectivity index (χ4v) is 1.29. The summed E-state index contributed by atoms with van der Waals surface area (Å²) in [4.78, 5) is 3.32. The van der Waals surface area contributed by atoms with E-state index < -0.39 is 0 Å². The van der Waals surface area contributed by atoms with Crippen molar-refractivity contribution in [2.45, 2.75) is 13.3 Å². The summed E-state index contributed by atoms with van der Waals surface area (Å²) in [5.74, 6) is 0. The standard InChI is InChI=1S/C10H10BrN/c1-8-7-9(5-6-12-2)3-4-10(8)11/h3-4,7H,5-6H2,1H3. The summed E-state index contributed by atoms with van der Waals surface area (Å²) in [7, 11) is 0. The molecular formula is C10H10BrN. The van der Waals surface area contributed by atoms with Gasteiger partial charge in [-0.05, 0) is 24.1 Å². The van der Waals surface area contributed by atoms with Gasteiger partial charge in [0.15, 0.2) is 0 Å². The summed E-state index contributed by atoms with van der Waals surface area (Å²) in [6.07, 6.45) is 0.859. The molecule has 0 fully saturated rings. The molecule has 1 aromatic carbocycles. The second kappa shape index (κ2) is 4.27. The van der Waals surface area contributed by atoms with Gasteiger partial charge in [-0.15, -0.1) is 0 Å². The van der Waals surface area contributed by atoms with Crippen molar-refractivity contribution in [3.63, 3.8) is 0 Å². The smallest absolute Gasteiger partial charge is 0.218 e. The third kappa shape index (κ3) is 2.35. The van der Waals surface area contributed by atoms with Crippen molar-refractivity contribution in [2.75, 3.05) is 6.54 Å². The Bertz CT molecular complexity index is 312. The minimum Gasteiger partial charge on any atom is -0.317 e. The number of benzene rings is 1. The maximum Gasteiger partial charge on any atom is 0.218 e. The van der Waals surface area contributed by atoms with Gasteiger partial charge >= 0.3 is 0 Å². The summed E-state index contributed by atoms with van der Waals surface area (Å²) >= 11 is 3.44. The highest BCUT2D eigenvalue weighted by molar-refractivity contribution is 9.10. The van der Waals surface area contributed by atoms with Gasteiger partial charge in [0.25, 0.3) is 0 Å². The van der Waals surface area contributed by atoms with E-state index in [1.54, 1.807) is 0 Å². The van der Waals surface area contributed by atoms with Gasteiger partial charge in [0, 0.05) is 10.9 Å². The van der Waals surface area contributed by atoms with E-state index in [2.05, 4.69) is 39.8 Å². The predicted octanol–water partition coefficient (Wildman–Crippen LogP) is 3.22. The molecule has 0 atom stereocenters. The first kappa shape index (κ1) is 9.28. The average Bonchev–Trinajstić information content (AvgIpc) is 2.07. The molecule has 12 heavy (non-hydrogen) atoms. The Morgan fingerprint density at radius 1 is 1.50 bits per heavy atom. The highest BCUT2D eigenvalue weighted by Crippen LogP contribution is 2.17. The highest BCUT2D eigenvalue weighted by atomic mass is 79.9. The Hall–Kier alpha value is -0.810. The second-order valence-electron chi connectivity index (χ2n) is 2.72. The molecule has 0 aromatic heterocycles. The first-order chi connectivity index (χ1) is 5.74. The Balaban J connectivity index is 2.77. The Kier molecular flexibility index (Phi) is 3.31. The fraction of sp³-hybridized carbons (Fsp3) is 0.300. The maximum atomic E-state index is 6.66. The number of rotatable bonds is 2. The third-order valence-electron chi connectivity index (χ3n) is 1.73. The normalized spacial score (nSPS) is 9.42. The molecule has 0 bridgehead atoms. The van der Waals surface area contributed by atoms with Crippen LogP contribution in [0.5, 0.6) is 0 Å². The van der Waals surface area contributed by atoms with E-state index >= 15 is 0 Å². The number of halogens is 1. The molecule has 1 nitrogen and oxygen atoms in total. The van der Waals surface area contributed by atoms with E-state index in [9.17, 15) is 0 Å². The van der Waals surface area contributed by atoms with Crippen LogP contribution in [0.2, 0.25) is 0 Å². The maximum absolute atomic E-state index is 6.66. The molecule has 62 valence electrons. The van der Waals surface area contributed by atoms with E-state index in [-0.39, 0.29) is 0 Å². The topological polar surface area (TPSA) is 4.36 Å². The molecule has 1 aromatic rings. The van der Waals surface area contributed by atoms with Gasteiger partial charge in [0.1, 0.15) is 0 Å². The molecule has 0 saturated carbocycles. The highest BCUT2D eigenvalue weighted by Gasteiger charge is 1.97. The molecular weight excluding hydrogens is 214 g/mol. The zero-order valence-corrected chi connectivity index (χ0v) is 8.56. The van der Waals surface area contributed by atoms with Crippen LogP contribution in [0.15, 0.2) is 22.7 Å². The third-order valence-corrected chi connectivity index (χ3v) is 2.62. The van der Waals surface area contributed by atoms with Crippen molar-refractivity contribution >= 4 is 15.9 Å². The molecule has 0 N–H and O–H groups in total. The molecule has 0 heterocycles. The average molecular weight is 224 g/mol. The van der Waals surface area contributed by atoms with Crippen LogP contribution in [0.25, 0.3) is 4.85 Å². The number of aryl methyl sites for hydroxylation is 1. The first-order valence-corrected chi connectivity index (χ1v) is 4.61. The largest absolute Gasteiger partial charge is 0.317 e. The Morgan fingerprint density at radius 2 is 2.25 bits per heavy atom. The zero-order valence-electron chi connectivity index (χ0n) is 6.97. The number of nitrogens with zero attached hydrogens (tertiary/aromatic N) is 1. The van der Waals surface area contributed by atoms with Gasteiger partial charge in [-0.1, -0.05) is 28.1 Å². The molecule has 0 saturated heterocycles. The van der Waals surface area contributed by atoms with Crippen LogP contribution in [0.1, 0.15) is 11.1 Å². The molecule has 0 aliphatic rings. The van der Waals surface area contributed by atoms with Crippen molar-refractivity contribution in [1.82, 2.24) is 0 Å². The predicted molar refractivity (Wildman–Crippen MR) is 54.1 cm³/mol. The molecule has 2 heteroatoms. The van der Waals surface area contributed by atoms with Crippen LogP contribution in [0.4, 0.5) is 0 Å². The van der Waals surface area contributed by atoms with Gasteiger partial charge in [0.2, 0.25) is 6.54 Å². The number of hydrogen-bond acceptors (Lipinski definition) is 0. The lowest BCUT2D eigenvalue weighted by Gasteiger charge is -2.00. The Labute approximate surface area is 81.4 Å². The van der Waals surface area contributed by atoms with E-state index in [1.165, 1.54) is 11.1 Å². The van der Waals surface area contributed by atoms with Crippen molar-refractivity contribution < 1.29 is 0 Å². The SMILES string of the molecule is [C-]#[N+]CCc1ccc(Br)c(C)c1. The molecule has 1 rings (SSSR count). The van der Waals surface area contributed by atoms with E-state index in [0.29, 0.717) is 6.54 Å². The quantitative estimate of drug-likeness (QED) is 0.679. The molecule has 0 aliphatic carbocycles. The molecule has 0 aliphatic heterocycles. The van der Waals surface area contributed by atoms with Crippen LogP contribution in [0.3, 0.4) is 0 Å². The van der Waals surface area contributed by atoms with Crippen LogP contribution in [-0.2, 0) is 6.42 Å². The summed E-state index contributed by atoms with van der Waals surface area (Å²) < 4.78 is 1.13. The Morgan fingerprint density at radius 3 is 2.83 bits per heavy atom. The molecule has 0 radical (unpaired) electrons. The van der Waals surface area contributed by atoms with Crippen molar-refractivity contribution in [3.8, 4) is 0 Å². The molecule has 0 unspecified atom stereocenters. The monoisotopic (exact) mass is 223 g/mol. The second-order valence-corrected chi connectivity index (χ2v) is 3.57. The van der Waals surface area contributed by atoms with Crippen LogP contribution in [-0.4, -0.2) is 6.54 Å². The van der Waals surface area contributed by atoms with E-state index in [0.717, 1.165) is 10.9 Å². The molecule has 0 spiro atoms. The fourth-order valence-electron chi connectivity index (χ4n) is 1.05. The lowest BCUT2D eigenvalue weighted by molar-refractivity contribution is 1.07. The lowest BCUT2D eigenvalue weighted by Crippen LogP contribution is -1.88. The van der Waals surface area contributed by atoms with Crippen LogP contribution in [0, 0.1) is 13.5 Å². The summed E-state index contributed by atoms with van der Waals surface area (Å²) in [6, 6.07) is 6.21. The van der Waals surface area contributed by atoms with E-state index in [1.807, 2.05) is 6.07 Å². The number of hydrogen-bond donors (Lipinski definition) is 0. The summed E-state index contributed by atoms with van der Waals surface area (Å²) in [5.41, 5.74) is 2.48. The van der Waals surface area contributed by atoms with Crippen molar-refractivity contribution in [2.24, 2.45) is 0 Å². The van der Waals surface area contributed by atoms with Gasteiger partial charge in [0.05, 0.1) is 0 Å². The summed E-state index contributed by atoms with van der Waals surface area (Å²) in [6.45, 7) is 9.31. The summed E-state index contributed by atoms with van der Waals surface area (Å²) in [5, 5.41) is 0. The zero-order chi connectivity index (χ0) is 8.97. The van der Waals surface area contributed by atoms with Gasteiger partial charge in [-0.3, -0.25) is 0 Å². The van der Waals surface area contributed by atoms with Crippen molar-refractivity contribution in [1.29, 1.82) is 0 Å². The van der Waals surface area contributed by atoms with Crippen LogP contribution < -0.4 is 0 Å².